The normalized spacial score (nSPS) is 16.3. The topological polar surface area (TPSA) is 55.8 Å². The highest BCUT2D eigenvalue weighted by Gasteiger charge is 2.39. The summed E-state index contributed by atoms with van der Waals surface area (Å²) in [7, 11) is 1.32. The van der Waals surface area contributed by atoms with Crippen molar-refractivity contribution in [3.8, 4) is 5.75 Å². The van der Waals surface area contributed by atoms with Gasteiger partial charge in [-0.25, -0.2) is 4.79 Å². The van der Waals surface area contributed by atoms with E-state index in [1.807, 2.05) is 68.4 Å². The Morgan fingerprint density at radius 1 is 1.10 bits per heavy atom. The molecule has 29 heavy (non-hydrogen) atoms. The fourth-order valence-electron chi connectivity index (χ4n) is 3.59. The number of para-hydroxylation sites is 1. The van der Waals surface area contributed by atoms with Crippen molar-refractivity contribution in [3.63, 3.8) is 0 Å². The van der Waals surface area contributed by atoms with Crippen LogP contribution >= 0.6 is 0 Å². The Bertz CT molecular complexity index is 975. The molecule has 1 aliphatic rings. The van der Waals surface area contributed by atoms with Crippen molar-refractivity contribution in [2.75, 3.05) is 13.7 Å². The summed E-state index contributed by atoms with van der Waals surface area (Å²) in [6.45, 7) is 6.13. The molecular formula is C24H25NO4. The Kier molecular flexibility index (Phi) is 6.17. The summed E-state index contributed by atoms with van der Waals surface area (Å²) < 4.78 is 10.7. The molecule has 2 aromatic carbocycles. The van der Waals surface area contributed by atoms with Crippen LogP contribution in [0, 0.1) is 0 Å². The van der Waals surface area contributed by atoms with Crippen LogP contribution in [-0.4, -0.2) is 30.5 Å². The lowest BCUT2D eigenvalue weighted by molar-refractivity contribution is -0.136. The predicted molar refractivity (Wildman–Crippen MR) is 112 cm³/mol. The zero-order chi connectivity index (χ0) is 21.0. The number of hydrogen-bond acceptors (Lipinski definition) is 4. The largest absolute Gasteiger partial charge is 0.493 e. The minimum absolute atomic E-state index is 0.226. The summed E-state index contributed by atoms with van der Waals surface area (Å²) in [5.74, 6) is -0.101. The van der Waals surface area contributed by atoms with E-state index in [1.165, 1.54) is 7.11 Å². The highest BCUT2D eigenvalue weighted by atomic mass is 16.5. The lowest BCUT2D eigenvalue weighted by Crippen LogP contribution is -2.28. The molecule has 0 spiro atoms. The number of carbonyl (C=O) groups excluding carboxylic acids is 2. The number of allylic oxidation sites excluding steroid dienone is 1. The van der Waals surface area contributed by atoms with Gasteiger partial charge in [0.05, 0.1) is 30.9 Å². The fraction of sp³-hybridized carbons (Fsp3) is 0.250. The molecule has 2 aromatic rings. The second-order valence-corrected chi connectivity index (χ2v) is 6.74. The molecule has 5 nitrogen and oxygen atoms in total. The first-order chi connectivity index (χ1) is 14.0. The van der Waals surface area contributed by atoms with E-state index in [2.05, 4.69) is 0 Å². The molecule has 0 saturated carbocycles. The molecule has 0 bridgehead atoms. The van der Waals surface area contributed by atoms with E-state index in [0.29, 0.717) is 23.6 Å². The molecule has 0 fully saturated rings. The number of rotatable bonds is 6. The van der Waals surface area contributed by atoms with Crippen LogP contribution < -0.4 is 4.74 Å². The van der Waals surface area contributed by atoms with Crippen molar-refractivity contribution < 1.29 is 19.1 Å². The van der Waals surface area contributed by atoms with Gasteiger partial charge < -0.3 is 14.4 Å². The maximum absolute atomic E-state index is 13.4. The van der Waals surface area contributed by atoms with Crippen LogP contribution in [-0.2, 0) is 14.3 Å². The highest BCUT2D eigenvalue weighted by molar-refractivity contribution is 6.16. The number of benzene rings is 2. The van der Waals surface area contributed by atoms with Gasteiger partial charge in [0.1, 0.15) is 5.75 Å². The average Bonchev–Trinajstić information content (AvgIpc) is 2.98. The number of methoxy groups -OCH3 is 1. The predicted octanol–water partition coefficient (Wildman–Crippen LogP) is 4.52. The first kappa shape index (κ1) is 20.4. The van der Waals surface area contributed by atoms with Gasteiger partial charge >= 0.3 is 5.97 Å². The van der Waals surface area contributed by atoms with Crippen molar-refractivity contribution in [3.05, 3.63) is 82.6 Å². The average molecular weight is 391 g/mol. The Morgan fingerprint density at radius 2 is 1.76 bits per heavy atom. The quantitative estimate of drug-likeness (QED) is 0.537. The maximum Gasteiger partial charge on any atom is 0.340 e. The number of ether oxygens (including phenoxy) is 2. The summed E-state index contributed by atoms with van der Waals surface area (Å²) in [6, 6.07) is 16.9. The standard InChI is InChI=1S/C24H25NO4/c1-5-29-21-14-10-9-13-19(21)15-20-22(24(27)28-4)17(3)25(23(20)26)16(2)18-11-7-6-8-12-18/h6-16H,5H2,1-4H3/b20-15-/t16-/m0/s1. The third kappa shape index (κ3) is 3.94. The summed E-state index contributed by atoms with van der Waals surface area (Å²) in [4.78, 5) is 27.6. The molecule has 1 amide bonds. The zero-order valence-corrected chi connectivity index (χ0v) is 17.1. The molecule has 0 saturated heterocycles. The van der Waals surface area contributed by atoms with Gasteiger partial charge in [0.2, 0.25) is 0 Å². The van der Waals surface area contributed by atoms with Gasteiger partial charge in [-0.3, -0.25) is 4.79 Å². The second kappa shape index (κ2) is 8.78. The van der Waals surface area contributed by atoms with Gasteiger partial charge in [0.15, 0.2) is 0 Å². The van der Waals surface area contributed by atoms with Crippen LogP contribution in [0.25, 0.3) is 6.08 Å². The number of nitrogens with zero attached hydrogens (tertiary/aromatic N) is 1. The van der Waals surface area contributed by atoms with Gasteiger partial charge in [-0.05, 0) is 38.5 Å². The number of amides is 1. The van der Waals surface area contributed by atoms with Crippen molar-refractivity contribution in [2.45, 2.75) is 26.8 Å². The van der Waals surface area contributed by atoms with Crippen LogP contribution in [0.1, 0.15) is 37.9 Å². The summed E-state index contributed by atoms with van der Waals surface area (Å²) in [6.07, 6.45) is 1.71. The molecule has 0 aromatic heterocycles. The van der Waals surface area contributed by atoms with Crippen LogP contribution in [0.5, 0.6) is 5.75 Å². The van der Waals surface area contributed by atoms with Gasteiger partial charge in [-0.1, -0.05) is 48.5 Å². The second-order valence-electron chi connectivity index (χ2n) is 6.74. The van der Waals surface area contributed by atoms with E-state index in [0.717, 1.165) is 11.1 Å². The summed E-state index contributed by atoms with van der Waals surface area (Å²) in [5.41, 5.74) is 2.90. The van der Waals surface area contributed by atoms with Crippen molar-refractivity contribution >= 4 is 18.0 Å². The minimum atomic E-state index is -0.529. The Labute approximate surface area is 171 Å². The Hall–Kier alpha value is -3.34. The van der Waals surface area contributed by atoms with E-state index >= 15 is 0 Å². The lowest BCUT2D eigenvalue weighted by atomic mass is 10.0. The molecule has 0 N–H and O–H groups in total. The first-order valence-electron chi connectivity index (χ1n) is 9.61. The van der Waals surface area contributed by atoms with Gasteiger partial charge in [0.25, 0.3) is 5.91 Å². The number of hydrogen-bond donors (Lipinski definition) is 0. The molecule has 1 heterocycles. The molecule has 5 heteroatoms. The third-order valence-corrected chi connectivity index (χ3v) is 5.02. The van der Waals surface area contributed by atoms with E-state index in [9.17, 15) is 9.59 Å². The minimum Gasteiger partial charge on any atom is -0.493 e. The summed E-state index contributed by atoms with van der Waals surface area (Å²) in [5, 5.41) is 0. The smallest absolute Gasteiger partial charge is 0.340 e. The van der Waals surface area contributed by atoms with Gasteiger partial charge in [-0.2, -0.15) is 0 Å². The first-order valence-corrected chi connectivity index (χ1v) is 9.61. The molecule has 0 unspecified atom stereocenters. The van der Waals surface area contributed by atoms with Crippen molar-refractivity contribution in [2.24, 2.45) is 0 Å². The molecule has 3 rings (SSSR count). The van der Waals surface area contributed by atoms with Crippen LogP contribution in [0.15, 0.2) is 71.4 Å². The monoisotopic (exact) mass is 391 g/mol. The van der Waals surface area contributed by atoms with Crippen LogP contribution in [0.4, 0.5) is 0 Å². The van der Waals surface area contributed by atoms with E-state index in [-0.39, 0.29) is 17.5 Å². The molecule has 0 radical (unpaired) electrons. The van der Waals surface area contributed by atoms with E-state index in [1.54, 1.807) is 17.9 Å². The molecule has 150 valence electrons. The van der Waals surface area contributed by atoms with E-state index in [4.69, 9.17) is 9.47 Å². The van der Waals surface area contributed by atoms with Crippen LogP contribution in [0.2, 0.25) is 0 Å². The van der Waals surface area contributed by atoms with Gasteiger partial charge in [0, 0.05) is 11.3 Å². The summed E-state index contributed by atoms with van der Waals surface area (Å²) >= 11 is 0. The maximum atomic E-state index is 13.4. The third-order valence-electron chi connectivity index (χ3n) is 5.02. The molecule has 1 atom stereocenters. The van der Waals surface area contributed by atoms with Crippen molar-refractivity contribution in [1.29, 1.82) is 0 Å². The zero-order valence-electron chi connectivity index (χ0n) is 17.1. The van der Waals surface area contributed by atoms with Crippen molar-refractivity contribution in [1.82, 2.24) is 4.90 Å². The van der Waals surface area contributed by atoms with Gasteiger partial charge in [-0.15, -0.1) is 0 Å². The number of carbonyl (C=O) groups is 2. The fourth-order valence-corrected chi connectivity index (χ4v) is 3.59. The lowest BCUT2D eigenvalue weighted by Gasteiger charge is -2.26. The Balaban J connectivity index is 2.10. The van der Waals surface area contributed by atoms with Crippen LogP contribution in [0.3, 0.4) is 0 Å². The molecular weight excluding hydrogens is 366 g/mol. The van der Waals surface area contributed by atoms with E-state index < -0.39 is 5.97 Å². The molecule has 1 aliphatic heterocycles. The SMILES string of the molecule is CCOc1ccccc1/C=C1\C(=O)N([C@@H](C)c2ccccc2)C(C)=C1C(=O)OC. The Morgan fingerprint density at radius 3 is 2.41 bits per heavy atom. The highest BCUT2D eigenvalue weighted by Crippen LogP contribution is 2.38. The molecule has 0 aliphatic carbocycles. The number of esters is 1.